The molecule has 20 heavy (non-hydrogen) atoms. The fourth-order valence-electron chi connectivity index (χ4n) is 3.15. The zero-order valence-corrected chi connectivity index (χ0v) is 13.3. The van der Waals surface area contributed by atoms with Gasteiger partial charge in [-0.05, 0) is 37.1 Å². The number of pyridine rings is 1. The van der Waals surface area contributed by atoms with Crippen LogP contribution in [-0.4, -0.2) is 4.98 Å². The van der Waals surface area contributed by atoms with Crippen molar-refractivity contribution in [1.82, 2.24) is 4.98 Å². The van der Waals surface area contributed by atoms with Crippen LogP contribution in [0.25, 0.3) is 10.8 Å². The van der Waals surface area contributed by atoms with Crippen molar-refractivity contribution in [3.05, 3.63) is 41.7 Å². The van der Waals surface area contributed by atoms with Crippen LogP contribution >= 0.6 is 0 Å². The molecular weight excluding hydrogens is 242 g/mol. The average Bonchev–Trinajstić information content (AvgIpc) is 2.49. The summed E-state index contributed by atoms with van der Waals surface area (Å²) < 4.78 is 0. The van der Waals surface area contributed by atoms with Gasteiger partial charge in [0.25, 0.3) is 0 Å². The molecule has 0 atom stereocenters. The number of rotatable bonds is 6. The van der Waals surface area contributed by atoms with E-state index in [0.29, 0.717) is 11.8 Å². The van der Waals surface area contributed by atoms with E-state index in [9.17, 15) is 0 Å². The summed E-state index contributed by atoms with van der Waals surface area (Å²) >= 11 is 0. The number of nitrogens with zero attached hydrogens (tertiary/aromatic N) is 1. The second kappa shape index (κ2) is 6.88. The van der Waals surface area contributed by atoms with Crippen molar-refractivity contribution in [2.45, 2.75) is 65.2 Å². The zero-order chi connectivity index (χ0) is 14.5. The van der Waals surface area contributed by atoms with Crippen LogP contribution in [0.4, 0.5) is 0 Å². The molecule has 0 radical (unpaired) electrons. The van der Waals surface area contributed by atoms with E-state index < -0.39 is 0 Å². The number of benzene rings is 1. The molecular formula is C19H27N. The lowest BCUT2D eigenvalue weighted by atomic mass is 9.91. The van der Waals surface area contributed by atoms with E-state index >= 15 is 0 Å². The molecule has 1 heterocycles. The summed E-state index contributed by atoms with van der Waals surface area (Å²) in [6.07, 6.45) is 4.67. The molecule has 0 spiro atoms. The fourth-order valence-corrected chi connectivity index (χ4v) is 3.15. The van der Waals surface area contributed by atoms with Crippen LogP contribution < -0.4 is 0 Å². The quantitative estimate of drug-likeness (QED) is 0.622. The lowest BCUT2D eigenvalue weighted by Crippen LogP contribution is -2.06. The van der Waals surface area contributed by atoms with Gasteiger partial charge in [0, 0.05) is 22.9 Å². The molecule has 0 bridgehead atoms. The Morgan fingerprint density at radius 2 is 1.45 bits per heavy atom. The van der Waals surface area contributed by atoms with E-state index in [0.717, 1.165) is 0 Å². The summed E-state index contributed by atoms with van der Waals surface area (Å²) in [6, 6.07) is 11.0. The van der Waals surface area contributed by atoms with Crippen molar-refractivity contribution in [3.8, 4) is 0 Å². The summed E-state index contributed by atoms with van der Waals surface area (Å²) in [7, 11) is 0. The van der Waals surface area contributed by atoms with E-state index in [1.54, 1.807) is 0 Å². The first-order valence-corrected chi connectivity index (χ1v) is 8.14. The van der Waals surface area contributed by atoms with E-state index in [1.165, 1.54) is 47.8 Å². The zero-order valence-electron chi connectivity index (χ0n) is 13.3. The maximum absolute atomic E-state index is 5.08. The highest BCUT2D eigenvalue weighted by Crippen LogP contribution is 2.32. The van der Waals surface area contributed by atoms with Crippen LogP contribution in [0, 0.1) is 0 Å². The molecule has 2 aromatic rings. The average molecular weight is 269 g/mol. The Kier molecular flexibility index (Phi) is 5.17. The number of hydrogen-bond donors (Lipinski definition) is 0. The molecule has 108 valence electrons. The second-order valence-corrected chi connectivity index (χ2v) is 5.68. The third kappa shape index (κ3) is 2.87. The number of hydrogen-bond acceptors (Lipinski definition) is 1. The van der Waals surface area contributed by atoms with Crippen molar-refractivity contribution >= 4 is 10.8 Å². The van der Waals surface area contributed by atoms with Gasteiger partial charge in [-0.1, -0.05) is 52.0 Å². The first kappa shape index (κ1) is 15.0. The Morgan fingerprint density at radius 1 is 0.850 bits per heavy atom. The van der Waals surface area contributed by atoms with E-state index in [1.807, 2.05) is 0 Å². The number of fused-ring (bicyclic) bond motifs is 1. The molecule has 0 aliphatic heterocycles. The molecule has 2 rings (SSSR count). The lowest BCUT2D eigenvalue weighted by molar-refractivity contribution is 0.595. The summed E-state index contributed by atoms with van der Waals surface area (Å²) in [5, 5.41) is 2.70. The van der Waals surface area contributed by atoms with Crippen LogP contribution in [-0.2, 0) is 0 Å². The van der Waals surface area contributed by atoms with Crippen molar-refractivity contribution in [3.63, 3.8) is 0 Å². The highest BCUT2D eigenvalue weighted by molar-refractivity contribution is 5.85. The fraction of sp³-hybridized carbons (Fsp3) is 0.526. The van der Waals surface area contributed by atoms with Crippen LogP contribution in [0.2, 0.25) is 0 Å². The van der Waals surface area contributed by atoms with Crippen LogP contribution in [0.1, 0.15) is 76.6 Å². The Hall–Kier alpha value is -1.37. The van der Waals surface area contributed by atoms with Crippen molar-refractivity contribution in [1.29, 1.82) is 0 Å². The van der Waals surface area contributed by atoms with Gasteiger partial charge >= 0.3 is 0 Å². The Balaban J connectivity index is 2.63. The molecule has 0 aliphatic rings. The first-order chi connectivity index (χ1) is 9.74. The summed E-state index contributed by atoms with van der Waals surface area (Å²) in [5.41, 5.74) is 2.60. The van der Waals surface area contributed by atoms with Crippen molar-refractivity contribution < 1.29 is 0 Å². The van der Waals surface area contributed by atoms with Gasteiger partial charge in [-0.15, -0.1) is 0 Å². The molecule has 1 aromatic heterocycles. The maximum Gasteiger partial charge on any atom is 0.0516 e. The van der Waals surface area contributed by atoms with Gasteiger partial charge < -0.3 is 0 Å². The minimum atomic E-state index is 0.578. The van der Waals surface area contributed by atoms with Crippen LogP contribution in [0.5, 0.6) is 0 Å². The standard InChI is InChI=1S/C19H27N/c1-5-14(6-2)18-13-16-11-9-10-12-17(16)19(20-18)15(7-3)8-4/h9-15H,5-8H2,1-4H3. The molecule has 0 saturated heterocycles. The third-order valence-corrected chi connectivity index (χ3v) is 4.57. The molecule has 0 aliphatic carbocycles. The van der Waals surface area contributed by atoms with Gasteiger partial charge in [0.15, 0.2) is 0 Å². The van der Waals surface area contributed by atoms with E-state index in [-0.39, 0.29) is 0 Å². The predicted octanol–water partition coefficient (Wildman–Crippen LogP) is 6.04. The van der Waals surface area contributed by atoms with Gasteiger partial charge in [0.1, 0.15) is 0 Å². The third-order valence-electron chi connectivity index (χ3n) is 4.57. The molecule has 1 nitrogen and oxygen atoms in total. The summed E-state index contributed by atoms with van der Waals surface area (Å²) in [5.74, 6) is 1.17. The Bertz CT molecular complexity index is 551. The molecule has 1 aromatic carbocycles. The van der Waals surface area contributed by atoms with Gasteiger partial charge in [0.2, 0.25) is 0 Å². The highest BCUT2D eigenvalue weighted by atomic mass is 14.7. The summed E-state index contributed by atoms with van der Waals surface area (Å²) in [4.78, 5) is 5.08. The molecule has 0 unspecified atom stereocenters. The maximum atomic E-state index is 5.08. The summed E-state index contributed by atoms with van der Waals surface area (Å²) in [6.45, 7) is 9.08. The molecule has 0 amide bonds. The SMILES string of the molecule is CCC(CC)c1cc2ccccc2c(C(CC)CC)n1. The second-order valence-electron chi connectivity index (χ2n) is 5.68. The van der Waals surface area contributed by atoms with Gasteiger partial charge in [0.05, 0.1) is 5.69 Å². The van der Waals surface area contributed by atoms with Crippen molar-refractivity contribution in [2.75, 3.05) is 0 Å². The minimum absolute atomic E-state index is 0.578. The minimum Gasteiger partial charge on any atom is -0.257 e. The number of aromatic nitrogens is 1. The largest absolute Gasteiger partial charge is 0.257 e. The smallest absolute Gasteiger partial charge is 0.0516 e. The van der Waals surface area contributed by atoms with Gasteiger partial charge in [-0.3, -0.25) is 4.98 Å². The molecule has 0 fully saturated rings. The first-order valence-electron chi connectivity index (χ1n) is 8.14. The van der Waals surface area contributed by atoms with Crippen molar-refractivity contribution in [2.24, 2.45) is 0 Å². The molecule has 1 heteroatoms. The topological polar surface area (TPSA) is 12.9 Å². The van der Waals surface area contributed by atoms with Crippen LogP contribution in [0.3, 0.4) is 0 Å². The molecule has 0 N–H and O–H groups in total. The monoisotopic (exact) mass is 269 g/mol. The van der Waals surface area contributed by atoms with Crippen LogP contribution in [0.15, 0.2) is 30.3 Å². The Morgan fingerprint density at radius 3 is 2.05 bits per heavy atom. The predicted molar refractivity (Wildman–Crippen MR) is 88.4 cm³/mol. The lowest BCUT2D eigenvalue weighted by Gasteiger charge is -2.19. The van der Waals surface area contributed by atoms with E-state index in [2.05, 4.69) is 58.0 Å². The normalized spacial score (nSPS) is 11.7. The van der Waals surface area contributed by atoms with Gasteiger partial charge in [-0.2, -0.15) is 0 Å². The highest BCUT2D eigenvalue weighted by Gasteiger charge is 2.16. The Labute approximate surface area is 123 Å². The van der Waals surface area contributed by atoms with Gasteiger partial charge in [-0.25, -0.2) is 0 Å². The van der Waals surface area contributed by atoms with E-state index in [4.69, 9.17) is 4.98 Å². The molecule has 0 saturated carbocycles.